The lowest BCUT2D eigenvalue weighted by molar-refractivity contribution is 0.318. The second-order valence-corrected chi connectivity index (χ2v) is 5.16. The summed E-state index contributed by atoms with van der Waals surface area (Å²) in [5, 5.41) is 30.4. The number of phenolic OH excluding ortho intramolecular Hbond substituents is 2. The molecule has 0 aromatic heterocycles. The van der Waals surface area contributed by atoms with E-state index in [-0.39, 0.29) is 17.3 Å². The smallest absolute Gasteiger partial charge is 0.170 e. The Morgan fingerprint density at radius 3 is 2.29 bits per heavy atom. The zero-order valence-corrected chi connectivity index (χ0v) is 12.4. The maximum absolute atomic E-state index is 9.49. The summed E-state index contributed by atoms with van der Waals surface area (Å²) < 4.78 is 0.669. The highest BCUT2D eigenvalue weighted by molar-refractivity contribution is 9.10. The summed E-state index contributed by atoms with van der Waals surface area (Å²) in [6.45, 7) is 0. The molecule has 108 valence electrons. The molecule has 0 heterocycles. The number of halogens is 1. The maximum atomic E-state index is 9.49. The summed E-state index contributed by atoms with van der Waals surface area (Å²) in [6.07, 6.45) is 3.63. The number of hydrogen-bond acceptors (Lipinski definition) is 4. The van der Waals surface area contributed by atoms with Crippen molar-refractivity contribution >= 4 is 33.9 Å². The van der Waals surface area contributed by atoms with Gasteiger partial charge in [0, 0.05) is 10.0 Å². The second kappa shape index (κ2) is 6.32. The van der Waals surface area contributed by atoms with Gasteiger partial charge in [-0.05, 0) is 23.3 Å². The van der Waals surface area contributed by atoms with Gasteiger partial charge in [0.1, 0.15) is 0 Å². The van der Waals surface area contributed by atoms with Crippen molar-refractivity contribution < 1.29 is 15.4 Å². The number of nitrogens with zero attached hydrogens (tertiary/aromatic N) is 1. The van der Waals surface area contributed by atoms with Crippen molar-refractivity contribution in [1.29, 1.82) is 0 Å². The molecule has 0 amide bonds. The molecule has 0 radical (unpaired) electrons. The predicted molar refractivity (Wildman–Crippen MR) is 85.4 cm³/mol. The Hall–Kier alpha value is -2.47. The van der Waals surface area contributed by atoms with Crippen molar-refractivity contribution in [2.75, 3.05) is 0 Å². The first-order valence-corrected chi connectivity index (χ1v) is 6.78. The van der Waals surface area contributed by atoms with Crippen molar-refractivity contribution in [3.05, 3.63) is 57.6 Å². The third kappa shape index (κ3) is 3.55. The monoisotopic (exact) mass is 348 g/mol. The molecule has 0 unspecified atom stereocenters. The van der Waals surface area contributed by atoms with E-state index < -0.39 is 0 Å². The number of amidine groups is 1. The van der Waals surface area contributed by atoms with Crippen LogP contribution in [0.25, 0.3) is 12.2 Å². The van der Waals surface area contributed by atoms with Crippen LogP contribution in [0.5, 0.6) is 11.5 Å². The number of aromatic hydroxyl groups is 2. The van der Waals surface area contributed by atoms with E-state index in [1.165, 1.54) is 12.1 Å². The predicted octanol–water partition coefficient (Wildman–Crippen LogP) is 3.13. The normalized spacial score (nSPS) is 12.0. The van der Waals surface area contributed by atoms with Gasteiger partial charge >= 0.3 is 0 Å². The summed E-state index contributed by atoms with van der Waals surface area (Å²) in [4.78, 5) is 0. The van der Waals surface area contributed by atoms with Crippen molar-refractivity contribution in [2.24, 2.45) is 10.9 Å². The summed E-state index contributed by atoms with van der Waals surface area (Å²) in [6, 6.07) is 9.99. The quantitative estimate of drug-likeness (QED) is 0.171. The Morgan fingerprint density at radius 2 is 1.67 bits per heavy atom. The fourth-order valence-electron chi connectivity index (χ4n) is 1.70. The molecule has 2 rings (SSSR count). The molecule has 0 spiro atoms. The molecule has 5 nitrogen and oxygen atoms in total. The maximum Gasteiger partial charge on any atom is 0.170 e. The number of benzene rings is 2. The van der Waals surface area contributed by atoms with E-state index in [1.807, 2.05) is 18.2 Å². The van der Waals surface area contributed by atoms with Gasteiger partial charge in [-0.2, -0.15) is 0 Å². The zero-order valence-electron chi connectivity index (χ0n) is 10.9. The van der Waals surface area contributed by atoms with Crippen molar-refractivity contribution in [2.45, 2.75) is 0 Å². The fourth-order valence-corrected chi connectivity index (χ4v) is 2.17. The van der Waals surface area contributed by atoms with Crippen LogP contribution >= 0.6 is 15.9 Å². The number of hydrogen-bond donors (Lipinski definition) is 4. The SMILES string of the molecule is N/C(=N\O)c1ccc(C=Cc2cc(O)c(O)cc2Br)cc1. The van der Waals surface area contributed by atoms with E-state index in [0.717, 1.165) is 11.1 Å². The highest BCUT2D eigenvalue weighted by Crippen LogP contribution is 2.32. The molecule has 0 saturated carbocycles. The van der Waals surface area contributed by atoms with Crippen molar-refractivity contribution in [1.82, 2.24) is 0 Å². The number of oxime groups is 1. The lowest BCUT2D eigenvalue weighted by Gasteiger charge is -2.03. The average molecular weight is 349 g/mol. The standard InChI is InChI=1S/C15H13BrN2O3/c16-12-8-14(20)13(19)7-11(12)6-3-9-1-4-10(5-2-9)15(17)18-21/h1-8,19-21H,(H2,17,18). The lowest BCUT2D eigenvalue weighted by atomic mass is 10.1. The highest BCUT2D eigenvalue weighted by Gasteiger charge is 2.04. The first kappa shape index (κ1) is 14.9. The first-order valence-electron chi connectivity index (χ1n) is 5.99. The molecular formula is C15H13BrN2O3. The number of phenols is 2. The van der Waals surface area contributed by atoms with Crippen molar-refractivity contribution in [3.8, 4) is 11.5 Å². The third-order valence-corrected chi connectivity index (χ3v) is 3.55. The molecule has 0 bridgehead atoms. The summed E-state index contributed by atoms with van der Waals surface area (Å²) in [5.41, 5.74) is 7.74. The molecule has 5 N–H and O–H groups in total. The topological polar surface area (TPSA) is 99.1 Å². The Morgan fingerprint density at radius 1 is 1.05 bits per heavy atom. The summed E-state index contributed by atoms with van der Waals surface area (Å²) >= 11 is 3.31. The van der Waals surface area contributed by atoms with Gasteiger partial charge < -0.3 is 21.2 Å². The molecule has 0 aliphatic carbocycles. The van der Waals surface area contributed by atoms with Gasteiger partial charge in [0.2, 0.25) is 0 Å². The van der Waals surface area contributed by atoms with Crippen LogP contribution in [0.4, 0.5) is 0 Å². The molecule has 0 saturated heterocycles. The van der Waals surface area contributed by atoms with Crippen LogP contribution in [-0.2, 0) is 0 Å². The first-order chi connectivity index (χ1) is 10.0. The molecule has 0 atom stereocenters. The largest absolute Gasteiger partial charge is 0.504 e. The van der Waals surface area contributed by atoms with Gasteiger partial charge in [-0.15, -0.1) is 0 Å². The Bertz CT molecular complexity index is 710. The van der Waals surface area contributed by atoms with Gasteiger partial charge in [-0.1, -0.05) is 57.5 Å². The van der Waals surface area contributed by atoms with E-state index in [1.54, 1.807) is 18.2 Å². The molecule has 0 aliphatic heterocycles. The van der Waals surface area contributed by atoms with E-state index >= 15 is 0 Å². The van der Waals surface area contributed by atoms with Crippen molar-refractivity contribution in [3.63, 3.8) is 0 Å². The summed E-state index contributed by atoms with van der Waals surface area (Å²) in [7, 11) is 0. The molecule has 2 aromatic carbocycles. The summed E-state index contributed by atoms with van der Waals surface area (Å²) in [5.74, 6) is -0.306. The van der Waals surface area contributed by atoms with E-state index in [0.29, 0.717) is 10.0 Å². The van der Waals surface area contributed by atoms with E-state index in [2.05, 4.69) is 21.1 Å². The van der Waals surface area contributed by atoms with Gasteiger partial charge in [0.25, 0.3) is 0 Å². The average Bonchev–Trinajstić information content (AvgIpc) is 2.49. The van der Waals surface area contributed by atoms with Gasteiger partial charge in [-0.25, -0.2) is 0 Å². The molecule has 6 heteroatoms. The number of nitrogens with two attached hydrogens (primary N) is 1. The molecule has 2 aromatic rings. The third-order valence-electron chi connectivity index (χ3n) is 2.86. The Kier molecular flexibility index (Phi) is 4.49. The van der Waals surface area contributed by atoms with E-state index in [4.69, 9.17) is 10.9 Å². The van der Waals surface area contributed by atoms with Gasteiger partial charge in [0.15, 0.2) is 17.3 Å². The van der Waals surface area contributed by atoms with Crippen LogP contribution in [0.1, 0.15) is 16.7 Å². The fraction of sp³-hybridized carbons (Fsp3) is 0. The number of rotatable bonds is 3. The Balaban J connectivity index is 2.24. The molecule has 21 heavy (non-hydrogen) atoms. The minimum absolute atomic E-state index is 0.0525. The van der Waals surface area contributed by atoms with Crippen LogP contribution in [-0.4, -0.2) is 21.3 Å². The lowest BCUT2D eigenvalue weighted by Crippen LogP contribution is -2.12. The van der Waals surface area contributed by atoms with Crippen LogP contribution < -0.4 is 5.73 Å². The molecule has 0 fully saturated rings. The minimum atomic E-state index is -0.180. The van der Waals surface area contributed by atoms with E-state index in [9.17, 15) is 10.2 Å². The van der Waals surface area contributed by atoms with Crippen LogP contribution in [0.2, 0.25) is 0 Å². The van der Waals surface area contributed by atoms with Gasteiger partial charge in [0.05, 0.1) is 0 Å². The minimum Gasteiger partial charge on any atom is -0.504 e. The Labute approximate surface area is 129 Å². The van der Waals surface area contributed by atoms with Crippen LogP contribution in [0.3, 0.4) is 0 Å². The molecular weight excluding hydrogens is 336 g/mol. The zero-order chi connectivity index (χ0) is 15.4. The second-order valence-electron chi connectivity index (χ2n) is 4.30. The molecule has 0 aliphatic rings. The highest BCUT2D eigenvalue weighted by atomic mass is 79.9. The van der Waals surface area contributed by atoms with Gasteiger partial charge in [-0.3, -0.25) is 0 Å². The van der Waals surface area contributed by atoms with Crippen LogP contribution in [0, 0.1) is 0 Å². The van der Waals surface area contributed by atoms with Crippen LogP contribution in [0.15, 0.2) is 46.0 Å².